The number of carbonyl (C=O) groups excluding carboxylic acids is 1. The molecule has 0 aliphatic heterocycles. The van der Waals surface area contributed by atoms with Crippen molar-refractivity contribution in [1.29, 1.82) is 0 Å². The molecule has 0 fully saturated rings. The minimum atomic E-state index is -0.229. The number of aromatic nitrogens is 2. The third-order valence-corrected chi connectivity index (χ3v) is 4.46. The molecule has 118 valence electrons. The van der Waals surface area contributed by atoms with Crippen molar-refractivity contribution in [3.63, 3.8) is 0 Å². The highest BCUT2D eigenvalue weighted by atomic mass is 79.9. The first-order valence-electron chi connectivity index (χ1n) is 6.82. The molecule has 0 radical (unpaired) electrons. The Morgan fingerprint density at radius 2 is 2.22 bits per heavy atom. The summed E-state index contributed by atoms with van der Waals surface area (Å²) in [7, 11) is 1.63. The van der Waals surface area contributed by atoms with Crippen molar-refractivity contribution in [3.05, 3.63) is 51.6 Å². The molecule has 5 nitrogen and oxygen atoms in total. The molecular weight excluding hydrogens is 378 g/mol. The lowest BCUT2D eigenvalue weighted by atomic mass is 10.1. The van der Waals surface area contributed by atoms with E-state index in [4.69, 9.17) is 4.74 Å². The molecule has 0 aliphatic carbocycles. The van der Waals surface area contributed by atoms with Gasteiger partial charge in [0, 0.05) is 21.6 Å². The Morgan fingerprint density at radius 3 is 2.91 bits per heavy atom. The first-order chi connectivity index (χ1) is 11.1. The fourth-order valence-corrected chi connectivity index (χ4v) is 3.19. The zero-order valence-corrected chi connectivity index (χ0v) is 14.9. The molecule has 23 heavy (non-hydrogen) atoms. The van der Waals surface area contributed by atoms with Crippen molar-refractivity contribution in [2.75, 3.05) is 12.4 Å². The standard InChI is InChI=1S/C16H14BrN3O2S/c1-9-3-4-14(22-2)11(5-9)13-8-23-16(19-13)20-15(21)12-6-10(17)7-18-12/h3-8,18H,1-2H3,(H,19,20,21). The van der Waals surface area contributed by atoms with Gasteiger partial charge >= 0.3 is 0 Å². The Labute approximate surface area is 145 Å². The average molecular weight is 392 g/mol. The van der Waals surface area contributed by atoms with Crippen LogP contribution in [0.2, 0.25) is 0 Å². The van der Waals surface area contributed by atoms with Gasteiger partial charge in [-0.15, -0.1) is 11.3 Å². The summed E-state index contributed by atoms with van der Waals surface area (Å²) in [5, 5.41) is 5.23. The summed E-state index contributed by atoms with van der Waals surface area (Å²) in [4.78, 5) is 19.5. The summed E-state index contributed by atoms with van der Waals surface area (Å²) in [6.45, 7) is 2.01. The van der Waals surface area contributed by atoms with Crippen LogP contribution in [0.3, 0.4) is 0 Å². The van der Waals surface area contributed by atoms with E-state index in [1.165, 1.54) is 11.3 Å². The van der Waals surface area contributed by atoms with Crippen molar-refractivity contribution >= 4 is 38.3 Å². The van der Waals surface area contributed by atoms with E-state index in [0.717, 1.165) is 27.0 Å². The van der Waals surface area contributed by atoms with Gasteiger partial charge in [0.25, 0.3) is 5.91 Å². The van der Waals surface area contributed by atoms with Crippen LogP contribution >= 0.6 is 27.3 Å². The van der Waals surface area contributed by atoms with E-state index in [1.807, 2.05) is 30.5 Å². The molecular formula is C16H14BrN3O2S. The Bertz CT molecular complexity index is 857. The number of aryl methyl sites for hydroxylation is 1. The fraction of sp³-hybridized carbons (Fsp3) is 0.125. The topological polar surface area (TPSA) is 67.0 Å². The Kier molecular flexibility index (Phi) is 4.49. The minimum absolute atomic E-state index is 0.229. The van der Waals surface area contributed by atoms with Gasteiger partial charge in [0.1, 0.15) is 11.4 Å². The highest BCUT2D eigenvalue weighted by Gasteiger charge is 2.13. The monoisotopic (exact) mass is 391 g/mol. The number of hydrogen-bond donors (Lipinski definition) is 2. The Balaban J connectivity index is 1.83. The third kappa shape index (κ3) is 3.46. The van der Waals surface area contributed by atoms with Crippen LogP contribution in [0.4, 0.5) is 5.13 Å². The van der Waals surface area contributed by atoms with Gasteiger partial charge in [0.2, 0.25) is 0 Å². The number of carbonyl (C=O) groups is 1. The molecule has 0 saturated heterocycles. The van der Waals surface area contributed by atoms with Gasteiger partial charge in [-0.25, -0.2) is 4.98 Å². The first kappa shape index (κ1) is 15.8. The molecule has 2 aromatic heterocycles. The van der Waals surface area contributed by atoms with Gasteiger partial charge in [0.15, 0.2) is 5.13 Å². The molecule has 0 aliphatic rings. The van der Waals surface area contributed by atoms with Crippen LogP contribution in [0, 0.1) is 6.92 Å². The van der Waals surface area contributed by atoms with Gasteiger partial charge in [-0.1, -0.05) is 11.6 Å². The summed E-state index contributed by atoms with van der Waals surface area (Å²) >= 11 is 4.68. The molecule has 0 bridgehead atoms. The van der Waals surface area contributed by atoms with Crippen LogP contribution < -0.4 is 10.1 Å². The smallest absolute Gasteiger partial charge is 0.273 e. The molecule has 3 rings (SSSR count). The van der Waals surface area contributed by atoms with Crippen molar-refractivity contribution in [3.8, 4) is 17.0 Å². The van der Waals surface area contributed by atoms with E-state index in [-0.39, 0.29) is 5.91 Å². The number of benzene rings is 1. The maximum atomic E-state index is 12.1. The van der Waals surface area contributed by atoms with Crippen LogP contribution in [0.15, 0.2) is 40.3 Å². The number of anilines is 1. The van der Waals surface area contributed by atoms with Crippen LogP contribution in [-0.2, 0) is 0 Å². The second kappa shape index (κ2) is 6.55. The van der Waals surface area contributed by atoms with Gasteiger partial charge in [-0.3, -0.25) is 10.1 Å². The second-order valence-electron chi connectivity index (χ2n) is 4.93. The normalized spacial score (nSPS) is 10.6. The number of halogens is 1. The number of nitrogens with zero attached hydrogens (tertiary/aromatic N) is 1. The number of H-pyrrole nitrogens is 1. The maximum absolute atomic E-state index is 12.1. The van der Waals surface area contributed by atoms with E-state index in [9.17, 15) is 4.79 Å². The highest BCUT2D eigenvalue weighted by molar-refractivity contribution is 9.10. The predicted molar refractivity (Wildman–Crippen MR) is 95.3 cm³/mol. The predicted octanol–water partition coefficient (Wildman–Crippen LogP) is 4.47. The quantitative estimate of drug-likeness (QED) is 0.689. The second-order valence-corrected chi connectivity index (χ2v) is 6.70. The van der Waals surface area contributed by atoms with E-state index < -0.39 is 0 Å². The number of rotatable bonds is 4. The molecule has 2 N–H and O–H groups in total. The lowest BCUT2D eigenvalue weighted by Gasteiger charge is -2.07. The van der Waals surface area contributed by atoms with E-state index in [1.54, 1.807) is 19.4 Å². The molecule has 3 aromatic rings. The number of amides is 1. The third-order valence-electron chi connectivity index (χ3n) is 3.25. The summed E-state index contributed by atoms with van der Waals surface area (Å²) in [5.41, 5.74) is 3.28. The molecule has 0 saturated carbocycles. The Morgan fingerprint density at radius 1 is 1.39 bits per heavy atom. The largest absolute Gasteiger partial charge is 0.496 e. The maximum Gasteiger partial charge on any atom is 0.273 e. The van der Waals surface area contributed by atoms with Gasteiger partial charge in [-0.2, -0.15) is 0 Å². The number of methoxy groups -OCH3 is 1. The van der Waals surface area contributed by atoms with Crippen LogP contribution in [0.25, 0.3) is 11.3 Å². The van der Waals surface area contributed by atoms with E-state index >= 15 is 0 Å². The zero-order chi connectivity index (χ0) is 16.4. The first-order valence-corrected chi connectivity index (χ1v) is 8.50. The Hall–Kier alpha value is -2.12. The number of hydrogen-bond acceptors (Lipinski definition) is 4. The molecule has 1 amide bonds. The van der Waals surface area contributed by atoms with Crippen molar-refractivity contribution in [2.24, 2.45) is 0 Å². The summed E-state index contributed by atoms with van der Waals surface area (Å²) in [6.07, 6.45) is 1.71. The molecule has 0 unspecified atom stereocenters. The minimum Gasteiger partial charge on any atom is -0.496 e. The van der Waals surface area contributed by atoms with Crippen LogP contribution in [0.1, 0.15) is 16.1 Å². The summed E-state index contributed by atoms with van der Waals surface area (Å²) in [5.74, 6) is 0.528. The number of nitrogens with one attached hydrogen (secondary N) is 2. The fourth-order valence-electron chi connectivity index (χ4n) is 2.14. The van der Waals surface area contributed by atoms with Gasteiger partial charge in [-0.05, 0) is 41.1 Å². The molecule has 0 atom stereocenters. The van der Waals surface area contributed by atoms with E-state index in [2.05, 4.69) is 31.2 Å². The van der Waals surface area contributed by atoms with Crippen molar-refractivity contribution in [1.82, 2.24) is 9.97 Å². The number of thiazole rings is 1. The summed E-state index contributed by atoms with van der Waals surface area (Å²) < 4.78 is 6.21. The zero-order valence-electron chi connectivity index (χ0n) is 12.5. The molecule has 7 heteroatoms. The average Bonchev–Trinajstić information content (AvgIpc) is 3.16. The summed E-state index contributed by atoms with van der Waals surface area (Å²) in [6, 6.07) is 7.63. The number of aromatic amines is 1. The van der Waals surface area contributed by atoms with Gasteiger partial charge < -0.3 is 9.72 Å². The van der Waals surface area contributed by atoms with Crippen molar-refractivity contribution < 1.29 is 9.53 Å². The van der Waals surface area contributed by atoms with Crippen molar-refractivity contribution in [2.45, 2.75) is 6.92 Å². The van der Waals surface area contributed by atoms with Gasteiger partial charge in [0.05, 0.1) is 12.8 Å². The molecule has 1 aromatic carbocycles. The highest BCUT2D eigenvalue weighted by Crippen LogP contribution is 2.33. The van der Waals surface area contributed by atoms with E-state index in [0.29, 0.717) is 10.8 Å². The lowest BCUT2D eigenvalue weighted by molar-refractivity contribution is 0.102. The molecule has 2 heterocycles. The van der Waals surface area contributed by atoms with Crippen LogP contribution in [0.5, 0.6) is 5.75 Å². The SMILES string of the molecule is COc1ccc(C)cc1-c1csc(NC(=O)c2cc(Br)c[nH]2)n1. The lowest BCUT2D eigenvalue weighted by Crippen LogP contribution is -2.11. The van der Waals surface area contributed by atoms with Crippen LogP contribution in [-0.4, -0.2) is 23.0 Å². The molecule has 0 spiro atoms. The number of ether oxygens (including phenoxy) is 1.